The first-order valence-electron chi connectivity index (χ1n) is 9.50. The highest BCUT2D eigenvalue weighted by atomic mass is 19.1. The van der Waals surface area contributed by atoms with Gasteiger partial charge in [0.05, 0.1) is 6.20 Å². The maximum absolute atomic E-state index is 13.1. The third-order valence-corrected chi connectivity index (χ3v) is 4.73. The number of hydrogen-bond acceptors (Lipinski definition) is 6. The largest absolute Gasteiger partial charge is 0.366 e. The van der Waals surface area contributed by atoms with Crippen molar-refractivity contribution in [2.75, 3.05) is 10.6 Å². The summed E-state index contributed by atoms with van der Waals surface area (Å²) in [6.45, 7) is 0.450. The van der Waals surface area contributed by atoms with Crippen molar-refractivity contribution >= 4 is 23.4 Å². The zero-order chi connectivity index (χ0) is 20.1. The van der Waals surface area contributed by atoms with E-state index in [4.69, 9.17) is 0 Å². The number of carbonyl (C=O) groups excluding carboxylic acids is 1. The second kappa shape index (κ2) is 8.64. The van der Waals surface area contributed by atoms with E-state index in [1.807, 2.05) is 0 Å². The predicted octanol–water partition coefficient (Wildman–Crippen LogP) is 3.65. The molecule has 1 aliphatic rings. The Morgan fingerprint density at radius 1 is 1.07 bits per heavy atom. The summed E-state index contributed by atoms with van der Waals surface area (Å²) in [6.07, 6.45) is 7.90. The average Bonchev–Trinajstić information content (AvgIpc) is 2.71. The first-order chi connectivity index (χ1) is 14.2. The summed E-state index contributed by atoms with van der Waals surface area (Å²) in [4.78, 5) is 25.4. The third kappa shape index (κ3) is 5.04. The Kier molecular flexibility index (Phi) is 5.60. The fourth-order valence-corrected chi connectivity index (χ4v) is 2.93. The molecule has 7 nitrogen and oxygen atoms in total. The minimum absolute atomic E-state index is 0.135. The van der Waals surface area contributed by atoms with Crippen molar-refractivity contribution < 1.29 is 9.18 Å². The number of halogens is 1. The number of nitrogens with zero attached hydrogens (tertiary/aromatic N) is 3. The summed E-state index contributed by atoms with van der Waals surface area (Å²) in [7, 11) is 0. The lowest BCUT2D eigenvalue weighted by atomic mass is 9.93. The number of rotatable bonds is 7. The molecule has 0 spiro atoms. The van der Waals surface area contributed by atoms with Gasteiger partial charge in [0.15, 0.2) is 0 Å². The summed E-state index contributed by atoms with van der Waals surface area (Å²) in [5.74, 6) is 1.12. The molecule has 0 bridgehead atoms. The monoisotopic (exact) mass is 392 g/mol. The van der Waals surface area contributed by atoms with Gasteiger partial charge < -0.3 is 16.0 Å². The Labute approximate surface area is 167 Å². The molecule has 1 aliphatic carbocycles. The summed E-state index contributed by atoms with van der Waals surface area (Å²) >= 11 is 0. The van der Waals surface area contributed by atoms with Crippen molar-refractivity contribution in [3.05, 3.63) is 71.9 Å². The maximum atomic E-state index is 13.1. The van der Waals surface area contributed by atoms with E-state index in [2.05, 4.69) is 30.9 Å². The molecule has 3 N–H and O–H groups in total. The van der Waals surface area contributed by atoms with Crippen LogP contribution < -0.4 is 16.0 Å². The second-order valence-corrected chi connectivity index (χ2v) is 6.92. The van der Waals surface area contributed by atoms with Crippen LogP contribution in [0.5, 0.6) is 0 Å². The molecule has 2 aromatic heterocycles. The van der Waals surface area contributed by atoms with Crippen molar-refractivity contribution in [2.45, 2.75) is 31.8 Å². The van der Waals surface area contributed by atoms with Crippen LogP contribution >= 0.6 is 0 Å². The highest BCUT2D eigenvalue weighted by molar-refractivity contribution is 5.96. The van der Waals surface area contributed by atoms with Crippen LogP contribution in [0.2, 0.25) is 0 Å². The summed E-state index contributed by atoms with van der Waals surface area (Å²) in [5, 5.41) is 9.30. The van der Waals surface area contributed by atoms with E-state index in [1.54, 1.807) is 42.9 Å². The van der Waals surface area contributed by atoms with Gasteiger partial charge in [0.1, 0.15) is 23.3 Å². The van der Waals surface area contributed by atoms with Gasteiger partial charge >= 0.3 is 0 Å². The average molecular weight is 392 g/mol. The number of amides is 1. The second-order valence-electron chi connectivity index (χ2n) is 6.92. The van der Waals surface area contributed by atoms with Crippen LogP contribution in [0.4, 0.5) is 21.8 Å². The number of pyridine rings is 1. The Hall–Kier alpha value is -3.55. The summed E-state index contributed by atoms with van der Waals surface area (Å²) in [6, 6.07) is 9.86. The molecule has 0 saturated heterocycles. The Morgan fingerprint density at radius 2 is 1.86 bits per heavy atom. The minimum atomic E-state index is -0.281. The van der Waals surface area contributed by atoms with Crippen molar-refractivity contribution in [2.24, 2.45) is 0 Å². The highest BCUT2D eigenvalue weighted by Crippen LogP contribution is 2.21. The Bertz CT molecular complexity index is 976. The van der Waals surface area contributed by atoms with Gasteiger partial charge in [-0.25, -0.2) is 14.4 Å². The normalized spacial score (nSPS) is 13.4. The number of carbonyl (C=O) groups is 1. The Balaban J connectivity index is 1.54. The van der Waals surface area contributed by atoms with Crippen molar-refractivity contribution in [1.29, 1.82) is 0 Å². The number of benzene rings is 1. The quantitative estimate of drug-likeness (QED) is 0.569. The maximum Gasteiger partial charge on any atom is 0.251 e. The fourth-order valence-electron chi connectivity index (χ4n) is 2.93. The van der Waals surface area contributed by atoms with Crippen LogP contribution in [0.25, 0.3) is 0 Å². The van der Waals surface area contributed by atoms with E-state index in [9.17, 15) is 9.18 Å². The number of nitrogens with one attached hydrogen (secondary N) is 3. The van der Waals surface area contributed by atoms with E-state index in [-0.39, 0.29) is 17.8 Å². The molecular formula is C21H21FN6O. The summed E-state index contributed by atoms with van der Waals surface area (Å²) < 4.78 is 13.1. The lowest BCUT2D eigenvalue weighted by Crippen LogP contribution is -2.39. The minimum Gasteiger partial charge on any atom is -0.366 e. The van der Waals surface area contributed by atoms with Crippen molar-refractivity contribution in [3.8, 4) is 0 Å². The van der Waals surface area contributed by atoms with Gasteiger partial charge in [-0.15, -0.1) is 0 Å². The molecule has 0 radical (unpaired) electrons. The van der Waals surface area contributed by atoms with Gasteiger partial charge in [-0.2, -0.15) is 0 Å². The lowest BCUT2D eigenvalue weighted by molar-refractivity contribution is 0.0917. The molecule has 29 heavy (non-hydrogen) atoms. The number of anilines is 3. The number of aromatic nitrogens is 3. The molecule has 8 heteroatoms. The van der Waals surface area contributed by atoms with Gasteiger partial charge in [0.25, 0.3) is 5.91 Å². The van der Waals surface area contributed by atoms with Crippen LogP contribution in [-0.4, -0.2) is 26.9 Å². The molecule has 3 aromatic rings. The predicted molar refractivity (Wildman–Crippen MR) is 108 cm³/mol. The zero-order valence-corrected chi connectivity index (χ0v) is 15.7. The van der Waals surface area contributed by atoms with Crippen LogP contribution in [0.1, 0.15) is 35.2 Å². The summed E-state index contributed by atoms with van der Waals surface area (Å²) in [5.41, 5.74) is 1.40. The van der Waals surface area contributed by atoms with Gasteiger partial charge in [-0.05, 0) is 49.1 Å². The van der Waals surface area contributed by atoms with E-state index in [0.29, 0.717) is 29.6 Å². The topological polar surface area (TPSA) is 91.8 Å². The van der Waals surface area contributed by atoms with E-state index >= 15 is 0 Å². The van der Waals surface area contributed by atoms with Gasteiger partial charge in [0, 0.05) is 30.5 Å². The Morgan fingerprint density at radius 3 is 2.55 bits per heavy atom. The molecule has 1 saturated carbocycles. The van der Waals surface area contributed by atoms with Gasteiger partial charge in [0.2, 0.25) is 0 Å². The van der Waals surface area contributed by atoms with E-state index in [1.165, 1.54) is 12.1 Å². The molecule has 4 rings (SSSR count). The standard InChI is InChI=1S/C21H21FN6O/c22-16-6-4-14(5-7-16)12-25-18-10-15(21(29)26-17-2-1-3-17)11-19(27-18)28-20-13-23-8-9-24-20/h4-11,13,17H,1-3,12H2,(H,26,29)(H2,24,25,27,28). The van der Waals surface area contributed by atoms with Gasteiger partial charge in [-0.1, -0.05) is 12.1 Å². The number of hydrogen-bond donors (Lipinski definition) is 3. The fraction of sp³-hybridized carbons (Fsp3) is 0.238. The molecule has 1 amide bonds. The third-order valence-electron chi connectivity index (χ3n) is 4.73. The molecule has 0 atom stereocenters. The van der Waals surface area contributed by atoms with Crippen LogP contribution in [-0.2, 0) is 6.54 Å². The zero-order valence-electron chi connectivity index (χ0n) is 15.7. The lowest BCUT2D eigenvalue weighted by Gasteiger charge is -2.26. The van der Waals surface area contributed by atoms with Crippen LogP contribution in [0, 0.1) is 5.82 Å². The molecule has 148 valence electrons. The van der Waals surface area contributed by atoms with E-state index < -0.39 is 0 Å². The van der Waals surface area contributed by atoms with Crippen LogP contribution in [0.3, 0.4) is 0 Å². The van der Waals surface area contributed by atoms with Crippen molar-refractivity contribution in [3.63, 3.8) is 0 Å². The van der Waals surface area contributed by atoms with Gasteiger partial charge in [-0.3, -0.25) is 9.78 Å². The molecule has 2 heterocycles. The first kappa shape index (κ1) is 18.8. The first-order valence-corrected chi connectivity index (χ1v) is 9.50. The smallest absolute Gasteiger partial charge is 0.251 e. The highest BCUT2D eigenvalue weighted by Gasteiger charge is 2.21. The molecular weight excluding hydrogens is 371 g/mol. The molecule has 1 fully saturated rings. The SMILES string of the molecule is O=C(NC1CCC1)c1cc(NCc2ccc(F)cc2)nc(Nc2cnccn2)c1. The van der Waals surface area contributed by atoms with Crippen molar-refractivity contribution in [1.82, 2.24) is 20.3 Å². The van der Waals surface area contributed by atoms with E-state index in [0.717, 1.165) is 24.8 Å². The molecule has 1 aromatic carbocycles. The molecule has 0 aliphatic heterocycles. The molecule has 0 unspecified atom stereocenters. The van der Waals surface area contributed by atoms with Crippen LogP contribution in [0.15, 0.2) is 55.0 Å².